The zero-order chi connectivity index (χ0) is 12.7. The van der Waals surface area contributed by atoms with E-state index in [2.05, 4.69) is 27.1 Å². The summed E-state index contributed by atoms with van der Waals surface area (Å²) in [5.74, 6) is 0.148. The van der Waals surface area contributed by atoms with Crippen LogP contribution in [0.15, 0.2) is 29.4 Å². The second-order valence-corrected chi connectivity index (χ2v) is 6.08. The summed E-state index contributed by atoms with van der Waals surface area (Å²) in [5, 5.41) is 0. The molecule has 0 spiro atoms. The van der Waals surface area contributed by atoms with Crippen molar-refractivity contribution in [1.29, 1.82) is 0 Å². The van der Waals surface area contributed by atoms with Crippen molar-refractivity contribution in [2.75, 3.05) is 6.54 Å². The quantitative estimate of drug-likeness (QED) is 0.766. The number of hydrogen-bond donors (Lipinski definition) is 0. The molecule has 2 aliphatic carbocycles. The lowest BCUT2D eigenvalue weighted by Crippen LogP contribution is -2.34. The van der Waals surface area contributed by atoms with Crippen molar-refractivity contribution >= 4 is 21.8 Å². The Morgan fingerprint density at radius 3 is 2.78 bits per heavy atom. The molecule has 1 amide bonds. The molecule has 0 bridgehead atoms. The fourth-order valence-corrected chi connectivity index (χ4v) is 2.78. The summed E-state index contributed by atoms with van der Waals surface area (Å²) in [5.41, 5.74) is 0.818. The average Bonchev–Trinajstić information content (AvgIpc) is 3.24. The van der Waals surface area contributed by atoms with Crippen LogP contribution in [0.25, 0.3) is 0 Å². The highest BCUT2D eigenvalue weighted by Gasteiger charge is 2.35. The summed E-state index contributed by atoms with van der Waals surface area (Å²) in [7, 11) is 0. The number of rotatable bonds is 5. The SMILES string of the molecule is C=CCN(C(=O)c1cc(Br)cn1C1CC1)C1CC1. The Kier molecular flexibility index (Phi) is 3.06. The normalized spacial score (nSPS) is 18.7. The van der Waals surface area contributed by atoms with Crippen LogP contribution in [0.5, 0.6) is 0 Å². The Labute approximate surface area is 116 Å². The molecule has 2 aliphatic rings. The Hall–Kier alpha value is -1.03. The highest BCUT2D eigenvalue weighted by atomic mass is 79.9. The lowest BCUT2D eigenvalue weighted by atomic mass is 10.3. The molecule has 1 aromatic rings. The van der Waals surface area contributed by atoms with Crippen LogP contribution in [0.1, 0.15) is 42.2 Å². The van der Waals surface area contributed by atoms with Crippen molar-refractivity contribution in [3.63, 3.8) is 0 Å². The lowest BCUT2D eigenvalue weighted by molar-refractivity contribution is 0.0751. The summed E-state index contributed by atoms with van der Waals surface area (Å²) >= 11 is 3.48. The number of amides is 1. The minimum Gasteiger partial charge on any atom is -0.339 e. The first-order valence-electron chi connectivity index (χ1n) is 6.50. The second-order valence-electron chi connectivity index (χ2n) is 5.16. The van der Waals surface area contributed by atoms with E-state index in [0.29, 0.717) is 18.6 Å². The van der Waals surface area contributed by atoms with Gasteiger partial charge in [-0.1, -0.05) is 6.08 Å². The van der Waals surface area contributed by atoms with Gasteiger partial charge in [0.1, 0.15) is 5.69 Å². The van der Waals surface area contributed by atoms with E-state index in [1.165, 1.54) is 12.8 Å². The van der Waals surface area contributed by atoms with Gasteiger partial charge >= 0.3 is 0 Å². The van der Waals surface area contributed by atoms with E-state index in [4.69, 9.17) is 0 Å². The molecule has 0 unspecified atom stereocenters. The molecule has 0 aliphatic heterocycles. The fourth-order valence-electron chi connectivity index (χ4n) is 2.34. The van der Waals surface area contributed by atoms with Crippen LogP contribution in [-0.2, 0) is 0 Å². The Morgan fingerprint density at radius 2 is 2.22 bits per heavy atom. The third-order valence-electron chi connectivity index (χ3n) is 3.55. The van der Waals surface area contributed by atoms with Crippen LogP contribution in [0, 0.1) is 0 Å². The van der Waals surface area contributed by atoms with E-state index in [0.717, 1.165) is 23.0 Å². The number of carbonyl (C=O) groups is 1. The molecule has 18 heavy (non-hydrogen) atoms. The summed E-state index contributed by atoms with van der Waals surface area (Å²) in [6.07, 6.45) is 8.48. The van der Waals surface area contributed by atoms with Crippen LogP contribution < -0.4 is 0 Å². The minimum absolute atomic E-state index is 0.148. The van der Waals surface area contributed by atoms with Crippen molar-refractivity contribution in [3.05, 3.63) is 35.1 Å². The number of hydrogen-bond acceptors (Lipinski definition) is 1. The van der Waals surface area contributed by atoms with Crippen LogP contribution in [0.2, 0.25) is 0 Å². The van der Waals surface area contributed by atoms with Crippen molar-refractivity contribution in [1.82, 2.24) is 9.47 Å². The molecule has 0 radical (unpaired) electrons. The smallest absolute Gasteiger partial charge is 0.271 e. The van der Waals surface area contributed by atoms with Gasteiger partial charge in [0.15, 0.2) is 0 Å². The predicted octanol–water partition coefficient (Wildman–Crippen LogP) is 3.38. The first-order chi connectivity index (χ1) is 8.70. The maximum absolute atomic E-state index is 12.6. The van der Waals surface area contributed by atoms with Gasteiger partial charge in [0.05, 0.1) is 0 Å². The highest BCUT2D eigenvalue weighted by Crippen LogP contribution is 2.38. The monoisotopic (exact) mass is 308 g/mol. The standard InChI is InChI=1S/C14H17BrN2O/c1-2-7-16(11-3-4-11)14(18)13-8-10(15)9-17(13)12-5-6-12/h2,8-9,11-12H,1,3-7H2. The zero-order valence-corrected chi connectivity index (χ0v) is 11.9. The summed E-state index contributed by atoms with van der Waals surface area (Å²) in [6, 6.07) is 2.90. The lowest BCUT2D eigenvalue weighted by Gasteiger charge is -2.21. The van der Waals surface area contributed by atoms with Gasteiger partial charge in [-0.15, -0.1) is 6.58 Å². The largest absolute Gasteiger partial charge is 0.339 e. The first kappa shape index (κ1) is 12.0. The van der Waals surface area contributed by atoms with Gasteiger partial charge in [-0.05, 0) is 47.7 Å². The summed E-state index contributed by atoms with van der Waals surface area (Å²) in [6.45, 7) is 4.40. The van der Waals surface area contributed by atoms with E-state index >= 15 is 0 Å². The van der Waals surface area contributed by atoms with E-state index < -0.39 is 0 Å². The molecule has 4 heteroatoms. The van der Waals surface area contributed by atoms with Crippen LogP contribution in [0.3, 0.4) is 0 Å². The molecule has 2 saturated carbocycles. The molecule has 0 atom stereocenters. The van der Waals surface area contributed by atoms with Crippen molar-refractivity contribution in [3.8, 4) is 0 Å². The molecule has 0 N–H and O–H groups in total. The number of halogens is 1. The summed E-state index contributed by atoms with van der Waals surface area (Å²) < 4.78 is 3.12. The molecule has 1 aromatic heterocycles. The van der Waals surface area contributed by atoms with Gasteiger partial charge in [0.2, 0.25) is 0 Å². The molecule has 1 heterocycles. The minimum atomic E-state index is 0.148. The van der Waals surface area contributed by atoms with Gasteiger partial charge in [-0.2, -0.15) is 0 Å². The van der Waals surface area contributed by atoms with Crippen molar-refractivity contribution in [2.45, 2.75) is 37.8 Å². The van der Waals surface area contributed by atoms with Gasteiger partial charge in [-0.25, -0.2) is 0 Å². The Morgan fingerprint density at radius 1 is 1.50 bits per heavy atom. The third kappa shape index (κ3) is 2.26. The van der Waals surface area contributed by atoms with Crippen LogP contribution >= 0.6 is 15.9 Å². The highest BCUT2D eigenvalue weighted by molar-refractivity contribution is 9.10. The molecule has 3 rings (SSSR count). The number of aromatic nitrogens is 1. The van der Waals surface area contributed by atoms with Crippen molar-refractivity contribution in [2.24, 2.45) is 0 Å². The first-order valence-corrected chi connectivity index (χ1v) is 7.29. The van der Waals surface area contributed by atoms with Gasteiger partial charge in [0.25, 0.3) is 5.91 Å². The van der Waals surface area contributed by atoms with Gasteiger partial charge < -0.3 is 9.47 Å². The molecule has 0 saturated heterocycles. The second kappa shape index (κ2) is 4.57. The maximum atomic E-state index is 12.6. The molecule has 3 nitrogen and oxygen atoms in total. The predicted molar refractivity (Wildman–Crippen MR) is 74.7 cm³/mol. The van der Waals surface area contributed by atoms with Crippen molar-refractivity contribution < 1.29 is 4.79 Å². The molecule has 0 aromatic carbocycles. The van der Waals surface area contributed by atoms with E-state index in [-0.39, 0.29) is 5.91 Å². The van der Waals surface area contributed by atoms with E-state index in [9.17, 15) is 4.79 Å². The number of nitrogens with zero attached hydrogens (tertiary/aromatic N) is 2. The van der Waals surface area contributed by atoms with Crippen LogP contribution in [0.4, 0.5) is 0 Å². The van der Waals surface area contributed by atoms with Gasteiger partial charge in [0, 0.05) is 29.3 Å². The van der Waals surface area contributed by atoms with Crippen LogP contribution in [-0.4, -0.2) is 28.0 Å². The average molecular weight is 309 g/mol. The number of carbonyl (C=O) groups excluding carboxylic acids is 1. The van der Waals surface area contributed by atoms with E-state index in [1.54, 1.807) is 0 Å². The fraction of sp³-hybridized carbons (Fsp3) is 0.500. The van der Waals surface area contributed by atoms with Gasteiger partial charge in [-0.3, -0.25) is 4.79 Å². The molecular formula is C14H17BrN2O. The van der Waals surface area contributed by atoms with E-state index in [1.807, 2.05) is 23.2 Å². The zero-order valence-electron chi connectivity index (χ0n) is 10.3. The third-order valence-corrected chi connectivity index (χ3v) is 3.98. The Bertz CT molecular complexity index is 486. The Balaban J connectivity index is 1.87. The topological polar surface area (TPSA) is 25.2 Å². The molecular weight excluding hydrogens is 292 g/mol. The summed E-state index contributed by atoms with van der Waals surface area (Å²) in [4.78, 5) is 14.6. The maximum Gasteiger partial charge on any atom is 0.271 e. The molecule has 2 fully saturated rings. The molecule has 96 valence electrons.